The Bertz CT molecular complexity index is 1240. The first-order valence-electron chi connectivity index (χ1n) is 9.86. The minimum atomic E-state index is -0.570. The van der Waals surface area contributed by atoms with Crippen LogP contribution in [0.5, 0.6) is 0 Å². The van der Waals surface area contributed by atoms with Gasteiger partial charge in [-0.1, -0.05) is 6.92 Å². The third-order valence-electron chi connectivity index (χ3n) is 5.49. The number of nitrogens with zero attached hydrogens (tertiary/aromatic N) is 4. The van der Waals surface area contributed by atoms with Gasteiger partial charge in [-0.25, -0.2) is 14.1 Å². The Labute approximate surface area is 183 Å². The Hall–Kier alpha value is -3.26. The molecule has 1 aromatic carbocycles. The van der Waals surface area contributed by atoms with Crippen molar-refractivity contribution >= 4 is 28.6 Å². The largest absolute Gasteiger partial charge is 0.343 e. The molecule has 1 atom stereocenters. The number of hydrogen-bond acceptors (Lipinski definition) is 5. The Morgan fingerprint density at radius 1 is 1.19 bits per heavy atom. The quantitative estimate of drug-likeness (QED) is 0.443. The predicted octanol–water partition coefficient (Wildman–Crippen LogP) is 4.73. The lowest BCUT2D eigenvalue weighted by Crippen LogP contribution is -2.43. The van der Waals surface area contributed by atoms with E-state index >= 15 is 0 Å². The van der Waals surface area contributed by atoms with E-state index in [0.29, 0.717) is 28.6 Å². The van der Waals surface area contributed by atoms with E-state index in [-0.39, 0.29) is 11.7 Å². The highest BCUT2D eigenvalue weighted by molar-refractivity contribution is 7.98. The third kappa shape index (κ3) is 4.03. The molecule has 0 saturated heterocycles. The second-order valence-electron chi connectivity index (χ2n) is 7.38. The van der Waals surface area contributed by atoms with Crippen LogP contribution in [-0.2, 0) is 5.54 Å². The molecule has 4 aromatic rings. The van der Waals surface area contributed by atoms with Gasteiger partial charge in [0.15, 0.2) is 0 Å². The first-order valence-corrected chi connectivity index (χ1v) is 11.1. The molecule has 31 heavy (non-hydrogen) atoms. The van der Waals surface area contributed by atoms with Gasteiger partial charge < -0.3 is 5.32 Å². The average Bonchev–Trinajstić information content (AvgIpc) is 3.23. The molecule has 1 N–H and O–H groups in total. The summed E-state index contributed by atoms with van der Waals surface area (Å²) in [4.78, 5) is 21.9. The Morgan fingerprint density at radius 2 is 1.97 bits per heavy atom. The Balaban J connectivity index is 1.69. The van der Waals surface area contributed by atoms with Gasteiger partial charge in [0.2, 0.25) is 0 Å². The van der Waals surface area contributed by atoms with E-state index in [1.165, 1.54) is 12.1 Å². The number of carbonyl (C=O) groups is 1. The summed E-state index contributed by atoms with van der Waals surface area (Å²) in [7, 11) is 0. The number of aromatic nitrogens is 4. The molecule has 6 nitrogen and oxygen atoms in total. The van der Waals surface area contributed by atoms with E-state index in [4.69, 9.17) is 0 Å². The normalized spacial score (nSPS) is 13.2. The summed E-state index contributed by atoms with van der Waals surface area (Å²) in [5, 5.41) is 9.15. The molecule has 0 saturated carbocycles. The van der Waals surface area contributed by atoms with Gasteiger partial charge in [-0.15, -0.1) is 11.8 Å². The predicted molar refractivity (Wildman–Crippen MR) is 120 cm³/mol. The molecule has 158 valence electrons. The van der Waals surface area contributed by atoms with Crippen LogP contribution in [0.4, 0.5) is 4.39 Å². The van der Waals surface area contributed by atoms with Crippen LogP contribution >= 0.6 is 11.8 Å². The van der Waals surface area contributed by atoms with Gasteiger partial charge in [-0.2, -0.15) is 5.10 Å². The zero-order chi connectivity index (χ0) is 22.0. The smallest absolute Gasteiger partial charge is 0.254 e. The number of pyridine rings is 2. The summed E-state index contributed by atoms with van der Waals surface area (Å²) in [5.41, 5.74) is 2.22. The van der Waals surface area contributed by atoms with Crippen molar-refractivity contribution in [3.63, 3.8) is 0 Å². The highest BCUT2D eigenvalue weighted by Gasteiger charge is 2.28. The first-order chi connectivity index (χ1) is 14.9. The maximum atomic E-state index is 13.3. The number of benzene rings is 1. The van der Waals surface area contributed by atoms with E-state index in [9.17, 15) is 9.18 Å². The van der Waals surface area contributed by atoms with Crippen LogP contribution in [-0.4, -0.2) is 31.9 Å². The van der Waals surface area contributed by atoms with Gasteiger partial charge >= 0.3 is 0 Å². The maximum Gasteiger partial charge on any atom is 0.254 e. The molecule has 3 aromatic heterocycles. The van der Waals surface area contributed by atoms with E-state index in [1.54, 1.807) is 53.4 Å². The number of halogens is 1. The second-order valence-corrected chi connectivity index (χ2v) is 8.21. The molecule has 0 aliphatic heterocycles. The Kier molecular flexibility index (Phi) is 5.73. The van der Waals surface area contributed by atoms with Gasteiger partial charge in [0.1, 0.15) is 5.82 Å². The standard InChI is InChI=1S/C23H22FN5OS/c1-4-23(2,15-9-10-26-21(11-15)31-3)28-22(30)19-12-25-14-20-18(19)13-27-29(20)17-7-5-16(24)6-8-17/h5-14H,4H2,1-3H3,(H,28,30). The van der Waals surface area contributed by atoms with Crippen LogP contribution in [0.1, 0.15) is 36.2 Å². The number of amides is 1. The van der Waals surface area contributed by atoms with Crippen LogP contribution in [0.25, 0.3) is 16.6 Å². The van der Waals surface area contributed by atoms with E-state index in [0.717, 1.165) is 10.6 Å². The molecule has 1 unspecified atom stereocenters. The van der Waals surface area contributed by atoms with Crippen molar-refractivity contribution < 1.29 is 9.18 Å². The lowest BCUT2D eigenvalue weighted by Gasteiger charge is -2.30. The maximum absolute atomic E-state index is 13.3. The molecule has 4 rings (SSSR count). The number of thioether (sulfide) groups is 1. The summed E-state index contributed by atoms with van der Waals surface area (Å²) in [6, 6.07) is 9.94. The van der Waals surface area contributed by atoms with Crippen LogP contribution in [0, 0.1) is 5.82 Å². The van der Waals surface area contributed by atoms with E-state index < -0.39 is 5.54 Å². The molecule has 1 amide bonds. The van der Waals surface area contributed by atoms with Crippen molar-refractivity contribution in [3.8, 4) is 5.69 Å². The van der Waals surface area contributed by atoms with Gasteiger partial charge in [-0.05, 0) is 61.6 Å². The zero-order valence-electron chi connectivity index (χ0n) is 17.5. The summed E-state index contributed by atoms with van der Waals surface area (Å²) < 4.78 is 14.9. The van der Waals surface area contributed by atoms with Gasteiger partial charge in [0.25, 0.3) is 5.91 Å². The van der Waals surface area contributed by atoms with Gasteiger partial charge in [0, 0.05) is 17.8 Å². The molecule has 0 spiro atoms. The number of fused-ring (bicyclic) bond motifs is 1. The summed E-state index contributed by atoms with van der Waals surface area (Å²) in [6.45, 7) is 4.03. The molecule has 0 aliphatic carbocycles. The van der Waals surface area contributed by atoms with Crippen molar-refractivity contribution in [3.05, 3.63) is 78.1 Å². The van der Waals surface area contributed by atoms with Crippen LogP contribution < -0.4 is 5.32 Å². The highest BCUT2D eigenvalue weighted by atomic mass is 32.2. The lowest BCUT2D eigenvalue weighted by atomic mass is 9.89. The Morgan fingerprint density at radius 3 is 2.68 bits per heavy atom. The number of carbonyl (C=O) groups excluding carboxylic acids is 1. The zero-order valence-corrected chi connectivity index (χ0v) is 18.3. The first kappa shape index (κ1) is 21.0. The van der Waals surface area contributed by atoms with Crippen LogP contribution in [0.3, 0.4) is 0 Å². The molecule has 0 aliphatic rings. The van der Waals surface area contributed by atoms with E-state index in [2.05, 4.69) is 20.4 Å². The van der Waals surface area contributed by atoms with E-state index in [1.807, 2.05) is 32.2 Å². The number of rotatable bonds is 6. The fourth-order valence-electron chi connectivity index (χ4n) is 3.46. The molecule has 3 heterocycles. The van der Waals surface area contributed by atoms with Gasteiger partial charge in [-0.3, -0.25) is 9.78 Å². The van der Waals surface area contributed by atoms with Crippen LogP contribution in [0.2, 0.25) is 0 Å². The van der Waals surface area contributed by atoms with Crippen molar-refractivity contribution in [1.82, 2.24) is 25.1 Å². The topological polar surface area (TPSA) is 72.7 Å². The minimum absolute atomic E-state index is 0.233. The third-order valence-corrected chi connectivity index (χ3v) is 6.13. The second kappa shape index (κ2) is 8.47. The van der Waals surface area contributed by atoms with Crippen LogP contribution in [0.15, 0.2) is 66.2 Å². The fourth-order valence-corrected chi connectivity index (χ4v) is 3.87. The average molecular weight is 436 g/mol. The molecule has 8 heteroatoms. The summed E-state index contributed by atoms with van der Waals surface area (Å²) >= 11 is 1.56. The fraction of sp³-hybridized carbons (Fsp3) is 0.217. The van der Waals surface area contributed by atoms with Crippen molar-refractivity contribution in [1.29, 1.82) is 0 Å². The SMILES string of the molecule is CCC(C)(NC(=O)c1cncc2c1cnn2-c1ccc(F)cc1)c1ccnc(SC)c1. The lowest BCUT2D eigenvalue weighted by molar-refractivity contribution is 0.0903. The van der Waals surface area contributed by atoms with Gasteiger partial charge in [0.05, 0.1) is 39.7 Å². The van der Waals surface area contributed by atoms with Crippen molar-refractivity contribution in [2.24, 2.45) is 0 Å². The minimum Gasteiger partial charge on any atom is -0.343 e. The number of hydrogen-bond donors (Lipinski definition) is 1. The molecule has 0 fully saturated rings. The summed E-state index contributed by atoms with van der Waals surface area (Å²) in [5.74, 6) is -0.554. The molecular formula is C23H22FN5OS. The van der Waals surface area contributed by atoms with Crippen molar-refractivity contribution in [2.45, 2.75) is 30.8 Å². The number of nitrogens with one attached hydrogen (secondary N) is 1. The molecule has 0 bridgehead atoms. The van der Waals surface area contributed by atoms with Crippen molar-refractivity contribution in [2.75, 3.05) is 6.26 Å². The molecule has 0 radical (unpaired) electrons. The molecular weight excluding hydrogens is 413 g/mol. The monoisotopic (exact) mass is 435 g/mol. The summed E-state index contributed by atoms with van der Waals surface area (Å²) in [6.07, 6.45) is 9.26. The highest BCUT2D eigenvalue weighted by Crippen LogP contribution is 2.28.